The number of rotatable bonds is 6. The SMILES string of the molecule is CC(C)CN(C(=O)c1sc2cc(F)ccc2c1Cl)c1c(N)n(CC(C)C)c(=O)[nH]c1=O. The number of halogens is 2. The van der Waals surface area contributed by atoms with Crippen LogP contribution in [0.3, 0.4) is 0 Å². The van der Waals surface area contributed by atoms with Gasteiger partial charge >= 0.3 is 5.69 Å². The first-order valence-corrected chi connectivity index (χ1v) is 11.0. The first-order valence-electron chi connectivity index (χ1n) is 9.83. The van der Waals surface area contributed by atoms with Gasteiger partial charge in [-0.15, -0.1) is 11.3 Å². The summed E-state index contributed by atoms with van der Waals surface area (Å²) in [6.07, 6.45) is 0. The van der Waals surface area contributed by atoms with E-state index in [1.807, 2.05) is 27.7 Å². The number of H-pyrrole nitrogens is 1. The fourth-order valence-corrected chi connectivity index (χ4v) is 4.81. The molecule has 0 aliphatic heterocycles. The van der Waals surface area contributed by atoms with Crippen molar-refractivity contribution in [2.45, 2.75) is 34.2 Å². The zero-order chi connectivity index (χ0) is 23.0. The number of nitrogens with zero attached hydrogens (tertiary/aromatic N) is 2. The van der Waals surface area contributed by atoms with Crippen LogP contribution in [0.5, 0.6) is 0 Å². The average Bonchev–Trinajstić information content (AvgIpc) is 2.99. The molecule has 2 aromatic heterocycles. The molecule has 1 aromatic carbocycles. The molecule has 3 rings (SSSR count). The summed E-state index contributed by atoms with van der Waals surface area (Å²) in [6, 6.07) is 4.09. The summed E-state index contributed by atoms with van der Waals surface area (Å²) in [5, 5.41) is 0.733. The van der Waals surface area contributed by atoms with E-state index in [9.17, 15) is 18.8 Å². The largest absolute Gasteiger partial charge is 0.383 e. The summed E-state index contributed by atoms with van der Waals surface area (Å²) in [6.45, 7) is 8.03. The van der Waals surface area contributed by atoms with Gasteiger partial charge in [0.25, 0.3) is 11.5 Å². The Morgan fingerprint density at radius 1 is 1.26 bits per heavy atom. The number of nitrogens with two attached hydrogens (primary N) is 1. The van der Waals surface area contributed by atoms with Gasteiger partial charge in [0.2, 0.25) is 0 Å². The molecule has 0 aliphatic carbocycles. The number of carbonyl (C=O) groups excluding carboxylic acids is 1. The molecule has 0 bridgehead atoms. The molecule has 1 amide bonds. The normalized spacial score (nSPS) is 11.6. The summed E-state index contributed by atoms with van der Waals surface area (Å²) in [5.74, 6) is -0.990. The van der Waals surface area contributed by atoms with E-state index < -0.39 is 23.0 Å². The number of benzene rings is 1. The molecule has 0 fully saturated rings. The van der Waals surface area contributed by atoms with Crippen LogP contribution in [0.4, 0.5) is 15.9 Å². The molecule has 0 spiro atoms. The highest BCUT2D eigenvalue weighted by atomic mass is 35.5. The Labute approximate surface area is 187 Å². The van der Waals surface area contributed by atoms with Gasteiger partial charge in [0.1, 0.15) is 16.5 Å². The van der Waals surface area contributed by atoms with Crippen LogP contribution in [0.15, 0.2) is 27.8 Å². The number of aromatic amines is 1. The van der Waals surface area contributed by atoms with Crippen LogP contribution >= 0.6 is 22.9 Å². The summed E-state index contributed by atoms with van der Waals surface area (Å²) >= 11 is 7.49. The van der Waals surface area contributed by atoms with Crippen molar-refractivity contribution < 1.29 is 9.18 Å². The second-order valence-corrected chi connectivity index (χ2v) is 9.62. The van der Waals surface area contributed by atoms with E-state index in [4.69, 9.17) is 17.3 Å². The number of nitrogens with one attached hydrogen (secondary N) is 1. The van der Waals surface area contributed by atoms with Crippen molar-refractivity contribution >= 4 is 50.4 Å². The second-order valence-electron chi connectivity index (χ2n) is 8.19. The van der Waals surface area contributed by atoms with Gasteiger partial charge in [0, 0.05) is 23.2 Å². The number of aromatic nitrogens is 2. The molecule has 10 heteroatoms. The first kappa shape index (κ1) is 23.0. The van der Waals surface area contributed by atoms with Gasteiger partial charge in [-0.3, -0.25) is 24.0 Å². The Hall–Kier alpha value is -2.65. The molecule has 7 nitrogen and oxygen atoms in total. The van der Waals surface area contributed by atoms with Crippen LogP contribution in [0.25, 0.3) is 10.1 Å². The lowest BCUT2D eigenvalue weighted by Gasteiger charge is -2.26. The molecular formula is C21H24ClFN4O3S. The number of hydrogen-bond donors (Lipinski definition) is 2. The van der Waals surface area contributed by atoms with E-state index in [1.54, 1.807) is 0 Å². The highest BCUT2D eigenvalue weighted by Crippen LogP contribution is 2.37. The highest BCUT2D eigenvalue weighted by Gasteiger charge is 2.29. The third-order valence-electron chi connectivity index (χ3n) is 4.61. The molecule has 0 saturated heterocycles. The first-order chi connectivity index (χ1) is 14.5. The van der Waals surface area contributed by atoms with E-state index in [0.29, 0.717) is 10.1 Å². The Morgan fingerprint density at radius 2 is 1.94 bits per heavy atom. The maximum absolute atomic E-state index is 13.6. The average molecular weight is 467 g/mol. The van der Waals surface area contributed by atoms with E-state index in [2.05, 4.69) is 4.98 Å². The molecule has 3 N–H and O–H groups in total. The number of fused-ring (bicyclic) bond motifs is 1. The fourth-order valence-electron chi connectivity index (χ4n) is 3.32. The lowest BCUT2D eigenvalue weighted by Crippen LogP contribution is -2.42. The molecule has 2 heterocycles. The fraction of sp³-hybridized carbons (Fsp3) is 0.381. The smallest absolute Gasteiger partial charge is 0.330 e. The van der Waals surface area contributed by atoms with Gasteiger partial charge in [0.15, 0.2) is 5.69 Å². The van der Waals surface area contributed by atoms with Crippen molar-refractivity contribution in [2.75, 3.05) is 17.2 Å². The van der Waals surface area contributed by atoms with E-state index >= 15 is 0 Å². The number of carbonyl (C=O) groups is 1. The summed E-state index contributed by atoms with van der Waals surface area (Å²) in [7, 11) is 0. The van der Waals surface area contributed by atoms with E-state index in [0.717, 1.165) is 11.3 Å². The van der Waals surface area contributed by atoms with Gasteiger partial charge < -0.3 is 5.73 Å². The van der Waals surface area contributed by atoms with Crippen molar-refractivity contribution in [2.24, 2.45) is 11.8 Å². The molecule has 0 aliphatic rings. The monoisotopic (exact) mass is 466 g/mol. The molecule has 0 unspecified atom stereocenters. The van der Waals surface area contributed by atoms with Crippen LogP contribution in [-0.2, 0) is 6.54 Å². The number of thiophene rings is 1. The van der Waals surface area contributed by atoms with Crippen molar-refractivity contribution in [3.05, 3.63) is 54.8 Å². The Balaban J connectivity index is 2.20. The number of nitrogen functional groups attached to an aromatic ring is 1. The van der Waals surface area contributed by atoms with Gasteiger partial charge in [-0.05, 0) is 30.0 Å². The second kappa shape index (κ2) is 8.84. The van der Waals surface area contributed by atoms with Crippen LogP contribution < -0.4 is 21.9 Å². The standard InChI is InChI=1S/C21H24ClFN4O3S/c1-10(2)8-26(16-18(24)27(9-11(3)4)21(30)25-19(16)28)20(29)17-15(22)13-6-5-12(23)7-14(13)31-17/h5-7,10-11H,8-9,24H2,1-4H3,(H,25,28,30). The van der Waals surface area contributed by atoms with Crippen molar-refractivity contribution in [1.82, 2.24) is 9.55 Å². The molecular weight excluding hydrogens is 443 g/mol. The highest BCUT2D eigenvalue weighted by molar-refractivity contribution is 7.21. The molecule has 0 radical (unpaired) electrons. The van der Waals surface area contributed by atoms with Gasteiger partial charge in [0.05, 0.1) is 5.02 Å². The van der Waals surface area contributed by atoms with Gasteiger partial charge in [-0.2, -0.15) is 0 Å². The van der Waals surface area contributed by atoms with Crippen molar-refractivity contribution in [1.29, 1.82) is 0 Å². The maximum atomic E-state index is 13.6. The predicted octanol–water partition coefficient (Wildman–Crippen LogP) is 4.08. The van der Waals surface area contributed by atoms with Crippen molar-refractivity contribution in [3.63, 3.8) is 0 Å². The quantitative estimate of drug-likeness (QED) is 0.571. The number of anilines is 2. The number of hydrogen-bond acceptors (Lipinski definition) is 5. The maximum Gasteiger partial charge on any atom is 0.330 e. The molecule has 166 valence electrons. The zero-order valence-corrected chi connectivity index (χ0v) is 19.2. The minimum atomic E-state index is -0.750. The Morgan fingerprint density at radius 3 is 2.55 bits per heavy atom. The zero-order valence-electron chi connectivity index (χ0n) is 17.7. The topological polar surface area (TPSA) is 101 Å². The lowest BCUT2D eigenvalue weighted by atomic mass is 10.1. The predicted molar refractivity (Wildman–Crippen MR) is 124 cm³/mol. The number of amides is 1. The third kappa shape index (κ3) is 4.52. The van der Waals surface area contributed by atoms with E-state index in [1.165, 1.54) is 27.7 Å². The van der Waals surface area contributed by atoms with Gasteiger partial charge in [-0.25, -0.2) is 9.18 Å². The minimum absolute atomic E-state index is 0.0150. The Bertz CT molecular complexity index is 1260. The van der Waals surface area contributed by atoms with Crippen LogP contribution in [0.1, 0.15) is 37.4 Å². The lowest BCUT2D eigenvalue weighted by molar-refractivity contribution is 0.0987. The van der Waals surface area contributed by atoms with Crippen LogP contribution in [-0.4, -0.2) is 22.0 Å². The molecule has 0 atom stereocenters. The summed E-state index contributed by atoms with van der Waals surface area (Å²) in [4.78, 5) is 42.3. The van der Waals surface area contributed by atoms with Crippen LogP contribution in [0.2, 0.25) is 5.02 Å². The molecule has 0 saturated carbocycles. The third-order valence-corrected chi connectivity index (χ3v) is 6.26. The molecule has 3 aromatic rings. The molecule has 31 heavy (non-hydrogen) atoms. The Kier molecular flexibility index (Phi) is 6.56. The van der Waals surface area contributed by atoms with Crippen molar-refractivity contribution in [3.8, 4) is 0 Å². The van der Waals surface area contributed by atoms with E-state index in [-0.39, 0.29) is 46.3 Å². The summed E-state index contributed by atoms with van der Waals surface area (Å²) < 4.78 is 15.4. The minimum Gasteiger partial charge on any atom is -0.383 e. The van der Waals surface area contributed by atoms with Crippen LogP contribution in [0, 0.1) is 17.7 Å². The van der Waals surface area contributed by atoms with Gasteiger partial charge in [-0.1, -0.05) is 39.3 Å². The summed E-state index contributed by atoms with van der Waals surface area (Å²) in [5.41, 5.74) is 4.75.